The number of fused-ring (bicyclic) bond motifs is 2. The highest BCUT2D eigenvalue weighted by atomic mass is 16.6. The van der Waals surface area contributed by atoms with Crippen LogP contribution in [0.1, 0.15) is 27.1 Å². The Bertz CT molecular complexity index is 1530. The maximum atomic E-state index is 12.7. The van der Waals surface area contributed by atoms with Crippen LogP contribution in [0.3, 0.4) is 0 Å². The molecule has 172 valence electrons. The van der Waals surface area contributed by atoms with Crippen LogP contribution in [0, 0.1) is 10.1 Å². The largest absolute Gasteiger partial charge is 0.326 e. The van der Waals surface area contributed by atoms with E-state index in [2.05, 4.69) is 15.3 Å². The van der Waals surface area contributed by atoms with E-state index in [9.17, 15) is 24.5 Å². The van der Waals surface area contributed by atoms with Crippen molar-refractivity contribution < 1.29 is 19.3 Å². The van der Waals surface area contributed by atoms with Crippen LogP contribution in [0.15, 0.2) is 72.9 Å². The van der Waals surface area contributed by atoms with Gasteiger partial charge in [-0.05, 0) is 30.3 Å². The lowest BCUT2D eigenvalue weighted by Crippen LogP contribution is -2.33. The van der Waals surface area contributed by atoms with E-state index < -0.39 is 28.3 Å². The Morgan fingerprint density at radius 2 is 1.74 bits per heavy atom. The standard InChI is InChI=1S/C25H17N5O5/c31-22(11-12-29-24(32)17-7-4-10-21(30(34)35)23(17)25(29)33)27-16-6-3-5-15(13-16)20-14-26-18-8-1-2-9-19(18)28-20/h1-10,13-14H,11-12H2,(H,27,31). The molecule has 1 aliphatic rings. The topological polar surface area (TPSA) is 135 Å². The van der Waals surface area contributed by atoms with Crippen LogP contribution in [-0.4, -0.2) is 44.1 Å². The number of rotatable bonds is 6. The molecule has 2 heterocycles. The highest BCUT2D eigenvalue weighted by Crippen LogP contribution is 2.31. The number of nitrogens with one attached hydrogen (secondary N) is 1. The van der Waals surface area contributed by atoms with Gasteiger partial charge in [0.2, 0.25) is 5.91 Å². The number of benzene rings is 3. The molecule has 4 aromatic rings. The molecule has 1 aliphatic heterocycles. The minimum atomic E-state index is -0.776. The minimum Gasteiger partial charge on any atom is -0.326 e. The van der Waals surface area contributed by atoms with E-state index >= 15 is 0 Å². The highest BCUT2D eigenvalue weighted by Gasteiger charge is 2.40. The second-order valence-corrected chi connectivity index (χ2v) is 7.84. The minimum absolute atomic E-state index is 0.0335. The molecule has 10 heteroatoms. The molecule has 10 nitrogen and oxygen atoms in total. The number of carbonyl (C=O) groups excluding carboxylic acids is 3. The first-order valence-corrected chi connectivity index (χ1v) is 10.7. The summed E-state index contributed by atoms with van der Waals surface area (Å²) in [6.07, 6.45) is 1.49. The first kappa shape index (κ1) is 21.8. The van der Waals surface area contributed by atoms with Gasteiger partial charge in [-0.1, -0.05) is 30.3 Å². The van der Waals surface area contributed by atoms with Crippen molar-refractivity contribution in [2.75, 3.05) is 11.9 Å². The number of hydrogen-bond acceptors (Lipinski definition) is 7. The van der Waals surface area contributed by atoms with Gasteiger partial charge >= 0.3 is 0 Å². The summed E-state index contributed by atoms with van der Waals surface area (Å²) in [6, 6.07) is 18.5. The Labute approximate surface area is 198 Å². The quantitative estimate of drug-likeness (QED) is 0.259. The first-order valence-electron chi connectivity index (χ1n) is 10.7. The molecule has 5 rings (SSSR count). The molecule has 3 amide bonds. The average Bonchev–Trinajstić information content (AvgIpc) is 3.12. The zero-order valence-electron chi connectivity index (χ0n) is 18.2. The Kier molecular flexibility index (Phi) is 5.46. The Hall–Kier alpha value is -4.99. The van der Waals surface area contributed by atoms with Crippen molar-refractivity contribution in [3.63, 3.8) is 0 Å². The smallest absolute Gasteiger partial charge is 0.282 e. The van der Waals surface area contributed by atoms with Crippen molar-refractivity contribution in [1.82, 2.24) is 14.9 Å². The molecule has 0 unspecified atom stereocenters. The van der Waals surface area contributed by atoms with Gasteiger partial charge in [-0.2, -0.15) is 0 Å². The van der Waals surface area contributed by atoms with Crippen LogP contribution in [-0.2, 0) is 4.79 Å². The number of imide groups is 1. The summed E-state index contributed by atoms with van der Waals surface area (Å²) >= 11 is 0. The lowest BCUT2D eigenvalue weighted by Gasteiger charge is -2.13. The fourth-order valence-electron chi connectivity index (χ4n) is 3.96. The molecule has 0 saturated heterocycles. The Balaban J connectivity index is 1.27. The monoisotopic (exact) mass is 467 g/mol. The second kappa shape index (κ2) is 8.75. The van der Waals surface area contributed by atoms with Crippen LogP contribution >= 0.6 is 0 Å². The Morgan fingerprint density at radius 3 is 2.54 bits per heavy atom. The predicted octanol–water partition coefficient (Wildman–Crippen LogP) is 3.83. The number of anilines is 1. The van der Waals surface area contributed by atoms with Gasteiger partial charge in [0.1, 0.15) is 5.56 Å². The second-order valence-electron chi connectivity index (χ2n) is 7.84. The number of hydrogen-bond donors (Lipinski definition) is 1. The number of para-hydroxylation sites is 2. The number of aromatic nitrogens is 2. The van der Waals surface area contributed by atoms with Gasteiger partial charge in [-0.25, -0.2) is 4.98 Å². The SMILES string of the molecule is O=C(CCN1C(=O)c2cccc([N+](=O)[O-])c2C1=O)Nc1cccc(-c2cnc3ccccc3n2)c1. The molecule has 0 atom stereocenters. The van der Waals surface area contributed by atoms with Gasteiger partial charge in [0.25, 0.3) is 17.5 Å². The van der Waals surface area contributed by atoms with Crippen LogP contribution in [0.5, 0.6) is 0 Å². The fourth-order valence-corrected chi connectivity index (χ4v) is 3.96. The van der Waals surface area contributed by atoms with Crippen molar-refractivity contribution in [3.05, 3.63) is 94.2 Å². The van der Waals surface area contributed by atoms with Crippen molar-refractivity contribution in [2.24, 2.45) is 0 Å². The van der Waals surface area contributed by atoms with Gasteiger partial charge in [0.15, 0.2) is 0 Å². The van der Waals surface area contributed by atoms with Gasteiger partial charge in [0, 0.05) is 30.3 Å². The lowest BCUT2D eigenvalue weighted by atomic mass is 10.1. The molecular formula is C25H17N5O5. The molecule has 35 heavy (non-hydrogen) atoms. The van der Waals surface area contributed by atoms with Gasteiger partial charge in [0.05, 0.1) is 33.4 Å². The third kappa shape index (κ3) is 4.08. The van der Waals surface area contributed by atoms with Gasteiger partial charge in [-0.15, -0.1) is 0 Å². The zero-order valence-corrected chi connectivity index (χ0v) is 18.2. The van der Waals surface area contributed by atoms with Crippen LogP contribution < -0.4 is 5.32 Å². The highest BCUT2D eigenvalue weighted by molar-refractivity contribution is 6.23. The van der Waals surface area contributed by atoms with Crippen molar-refractivity contribution in [1.29, 1.82) is 0 Å². The van der Waals surface area contributed by atoms with Crippen LogP contribution in [0.4, 0.5) is 11.4 Å². The fraction of sp³-hybridized carbons (Fsp3) is 0.0800. The van der Waals surface area contributed by atoms with Crippen molar-refractivity contribution >= 4 is 40.1 Å². The third-order valence-electron chi connectivity index (χ3n) is 5.63. The predicted molar refractivity (Wildman–Crippen MR) is 127 cm³/mol. The molecule has 0 spiro atoms. The van der Waals surface area contributed by atoms with Crippen molar-refractivity contribution in [3.8, 4) is 11.3 Å². The van der Waals surface area contributed by atoms with E-state index in [1.165, 1.54) is 18.2 Å². The summed E-state index contributed by atoms with van der Waals surface area (Å²) < 4.78 is 0. The van der Waals surface area contributed by atoms with E-state index in [0.717, 1.165) is 21.5 Å². The third-order valence-corrected chi connectivity index (χ3v) is 5.63. The van der Waals surface area contributed by atoms with Crippen LogP contribution in [0.2, 0.25) is 0 Å². The molecule has 0 fully saturated rings. The molecular weight excluding hydrogens is 450 g/mol. The number of nitro benzene ring substituents is 1. The maximum absolute atomic E-state index is 12.7. The molecule has 1 aromatic heterocycles. The summed E-state index contributed by atoms with van der Waals surface area (Å²) in [5, 5.41) is 14.0. The molecule has 0 bridgehead atoms. The van der Waals surface area contributed by atoms with Crippen LogP contribution in [0.25, 0.3) is 22.3 Å². The van der Waals surface area contributed by atoms with E-state index in [1.807, 2.05) is 30.3 Å². The van der Waals surface area contributed by atoms with Gasteiger partial charge in [-0.3, -0.25) is 34.4 Å². The van der Waals surface area contributed by atoms with E-state index in [0.29, 0.717) is 11.4 Å². The number of nitro groups is 1. The summed E-state index contributed by atoms with van der Waals surface area (Å²) in [7, 11) is 0. The van der Waals surface area contributed by atoms with E-state index in [-0.39, 0.29) is 24.1 Å². The Morgan fingerprint density at radius 1 is 0.971 bits per heavy atom. The zero-order chi connectivity index (χ0) is 24.5. The summed E-state index contributed by atoms with van der Waals surface area (Å²) in [5.74, 6) is -1.85. The van der Waals surface area contributed by atoms with Crippen molar-refractivity contribution in [2.45, 2.75) is 6.42 Å². The van der Waals surface area contributed by atoms with Gasteiger partial charge < -0.3 is 5.32 Å². The summed E-state index contributed by atoms with van der Waals surface area (Å²) in [5.41, 5.74) is 2.74. The lowest BCUT2D eigenvalue weighted by molar-refractivity contribution is -0.385. The molecule has 0 saturated carbocycles. The van der Waals surface area contributed by atoms with E-state index in [4.69, 9.17) is 0 Å². The van der Waals surface area contributed by atoms with E-state index in [1.54, 1.807) is 24.4 Å². The first-order chi connectivity index (χ1) is 16.9. The summed E-state index contributed by atoms with van der Waals surface area (Å²) in [4.78, 5) is 58.2. The number of nitrogens with zero attached hydrogens (tertiary/aromatic N) is 4. The number of carbonyl (C=O) groups is 3. The molecule has 0 radical (unpaired) electrons. The average molecular weight is 467 g/mol. The number of amides is 3. The molecule has 0 aliphatic carbocycles. The molecule has 1 N–H and O–H groups in total. The molecule has 3 aromatic carbocycles. The normalized spacial score (nSPS) is 12.6. The summed E-state index contributed by atoms with van der Waals surface area (Å²) in [6.45, 7) is -0.203. The maximum Gasteiger partial charge on any atom is 0.282 e.